The maximum atomic E-state index is 9.62. The Bertz CT molecular complexity index is 426. The molecule has 3 heteroatoms. The lowest BCUT2D eigenvalue weighted by atomic mass is 9.93. The van der Waals surface area contributed by atoms with Crippen molar-refractivity contribution in [1.29, 1.82) is 0 Å². The summed E-state index contributed by atoms with van der Waals surface area (Å²) in [6.45, 7) is 7.69. The molecule has 1 fully saturated rings. The molecule has 0 spiro atoms. The van der Waals surface area contributed by atoms with Gasteiger partial charge in [-0.25, -0.2) is 0 Å². The van der Waals surface area contributed by atoms with Crippen LogP contribution in [0.25, 0.3) is 0 Å². The predicted octanol–water partition coefficient (Wildman–Crippen LogP) is 4.41. The lowest BCUT2D eigenvalue weighted by Crippen LogP contribution is -2.31. The van der Waals surface area contributed by atoms with E-state index in [4.69, 9.17) is 4.74 Å². The molecule has 1 aliphatic heterocycles. The van der Waals surface area contributed by atoms with Gasteiger partial charge in [-0.05, 0) is 56.0 Å². The summed E-state index contributed by atoms with van der Waals surface area (Å²) in [5.74, 6) is 1.22. The third kappa shape index (κ3) is 5.50. The van der Waals surface area contributed by atoms with E-state index < -0.39 is 0 Å². The van der Waals surface area contributed by atoms with Crippen LogP contribution >= 0.6 is 0 Å². The summed E-state index contributed by atoms with van der Waals surface area (Å²) in [6.07, 6.45) is 7.48. The Morgan fingerprint density at radius 1 is 1.09 bits per heavy atom. The summed E-state index contributed by atoms with van der Waals surface area (Å²) in [7, 11) is 0. The normalized spacial score (nSPS) is 18.0. The highest BCUT2D eigenvalue weighted by Crippen LogP contribution is 2.32. The van der Waals surface area contributed by atoms with Crippen molar-refractivity contribution in [3.05, 3.63) is 29.8 Å². The molecule has 2 rings (SSSR count). The summed E-state index contributed by atoms with van der Waals surface area (Å²) in [5, 5.41) is 9.62. The number of aliphatic hydroxyl groups is 1. The van der Waals surface area contributed by atoms with Crippen LogP contribution in [0.15, 0.2) is 24.3 Å². The molecule has 2 unspecified atom stereocenters. The van der Waals surface area contributed by atoms with Crippen molar-refractivity contribution in [3.63, 3.8) is 0 Å². The molecule has 0 aliphatic carbocycles. The molecule has 2 atom stereocenters. The SMILES string of the molecule is CCCCCCOc1ccc(C(C(C)CO)N2CCCC2)cc1. The minimum absolute atomic E-state index is 0.233. The second-order valence-corrected chi connectivity index (χ2v) is 6.83. The van der Waals surface area contributed by atoms with Gasteiger partial charge in [0.2, 0.25) is 0 Å². The molecular weight excluding hydrogens is 286 g/mol. The maximum Gasteiger partial charge on any atom is 0.119 e. The number of aliphatic hydroxyl groups excluding tert-OH is 1. The van der Waals surface area contributed by atoms with E-state index in [9.17, 15) is 5.11 Å². The third-order valence-electron chi connectivity index (χ3n) is 4.85. The van der Waals surface area contributed by atoms with Crippen molar-refractivity contribution in [2.45, 2.75) is 58.4 Å². The second kappa shape index (κ2) is 9.94. The predicted molar refractivity (Wildman–Crippen MR) is 95.9 cm³/mol. The first kappa shape index (κ1) is 18.3. The lowest BCUT2D eigenvalue weighted by Gasteiger charge is -2.32. The summed E-state index contributed by atoms with van der Waals surface area (Å²) >= 11 is 0. The third-order valence-corrected chi connectivity index (χ3v) is 4.85. The van der Waals surface area contributed by atoms with Crippen molar-refractivity contribution < 1.29 is 9.84 Å². The zero-order valence-electron chi connectivity index (χ0n) is 14.8. The van der Waals surface area contributed by atoms with E-state index >= 15 is 0 Å². The zero-order valence-corrected chi connectivity index (χ0v) is 14.8. The first-order valence-corrected chi connectivity index (χ1v) is 9.34. The summed E-state index contributed by atoms with van der Waals surface area (Å²) in [6, 6.07) is 8.85. The van der Waals surface area contributed by atoms with Crippen LogP contribution in [0, 0.1) is 5.92 Å². The Labute approximate surface area is 141 Å². The van der Waals surface area contributed by atoms with Crippen LogP contribution < -0.4 is 4.74 Å². The molecule has 1 aromatic carbocycles. The number of hydrogen-bond donors (Lipinski definition) is 1. The van der Waals surface area contributed by atoms with Crippen molar-refractivity contribution in [2.75, 3.05) is 26.3 Å². The summed E-state index contributed by atoms with van der Waals surface area (Å²) < 4.78 is 5.84. The van der Waals surface area contributed by atoms with Crippen LogP contribution in [0.4, 0.5) is 0 Å². The molecule has 0 amide bonds. The fourth-order valence-electron chi connectivity index (χ4n) is 3.50. The quantitative estimate of drug-likeness (QED) is 0.648. The molecule has 0 radical (unpaired) electrons. The van der Waals surface area contributed by atoms with Gasteiger partial charge >= 0.3 is 0 Å². The van der Waals surface area contributed by atoms with Crippen molar-refractivity contribution >= 4 is 0 Å². The summed E-state index contributed by atoms with van der Waals surface area (Å²) in [5.41, 5.74) is 1.30. The highest BCUT2D eigenvalue weighted by Gasteiger charge is 2.27. The monoisotopic (exact) mass is 319 g/mol. The molecule has 0 bridgehead atoms. The van der Waals surface area contributed by atoms with Crippen molar-refractivity contribution in [2.24, 2.45) is 5.92 Å². The Kier molecular flexibility index (Phi) is 7.90. The maximum absolute atomic E-state index is 9.62. The van der Waals surface area contributed by atoms with Gasteiger partial charge < -0.3 is 9.84 Å². The van der Waals surface area contributed by atoms with E-state index in [1.165, 1.54) is 37.7 Å². The molecule has 0 aromatic heterocycles. The van der Waals surface area contributed by atoms with E-state index in [0.29, 0.717) is 6.04 Å². The second-order valence-electron chi connectivity index (χ2n) is 6.83. The first-order chi connectivity index (χ1) is 11.3. The van der Waals surface area contributed by atoms with E-state index in [0.717, 1.165) is 31.9 Å². The molecule has 1 aliphatic rings. The van der Waals surface area contributed by atoms with Crippen LogP contribution in [0.5, 0.6) is 5.75 Å². The Hall–Kier alpha value is -1.06. The fraction of sp³-hybridized carbons (Fsp3) is 0.700. The standard InChI is InChI=1S/C20H33NO2/c1-3-4-5-8-15-23-19-11-9-18(10-12-19)20(17(2)16-22)21-13-6-7-14-21/h9-12,17,20,22H,3-8,13-16H2,1-2H3. The van der Waals surface area contributed by atoms with Gasteiger partial charge in [0, 0.05) is 12.6 Å². The number of benzene rings is 1. The van der Waals surface area contributed by atoms with Crippen LogP contribution in [-0.2, 0) is 0 Å². The number of likely N-dealkylation sites (tertiary alicyclic amines) is 1. The van der Waals surface area contributed by atoms with Gasteiger partial charge in [-0.15, -0.1) is 0 Å². The number of ether oxygens (including phenoxy) is 1. The van der Waals surface area contributed by atoms with Crippen molar-refractivity contribution in [3.8, 4) is 5.75 Å². The summed E-state index contributed by atoms with van der Waals surface area (Å²) in [4.78, 5) is 2.52. The highest BCUT2D eigenvalue weighted by atomic mass is 16.5. The van der Waals surface area contributed by atoms with Gasteiger partial charge in [-0.1, -0.05) is 45.2 Å². The topological polar surface area (TPSA) is 32.7 Å². The van der Waals surface area contributed by atoms with E-state index in [2.05, 4.69) is 43.0 Å². The first-order valence-electron chi connectivity index (χ1n) is 9.34. The van der Waals surface area contributed by atoms with Crippen LogP contribution in [0.3, 0.4) is 0 Å². The molecule has 1 N–H and O–H groups in total. The van der Waals surface area contributed by atoms with Crippen molar-refractivity contribution in [1.82, 2.24) is 4.90 Å². The van der Waals surface area contributed by atoms with Gasteiger partial charge in [0.1, 0.15) is 5.75 Å². The molecule has 0 saturated carbocycles. The Morgan fingerprint density at radius 2 is 1.78 bits per heavy atom. The Balaban J connectivity index is 1.92. The van der Waals surface area contributed by atoms with Gasteiger partial charge in [0.25, 0.3) is 0 Å². The average molecular weight is 319 g/mol. The number of rotatable bonds is 10. The fourth-order valence-corrected chi connectivity index (χ4v) is 3.50. The van der Waals surface area contributed by atoms with Gasteiger partial charge in [0.05, 0.1) is 6.61 Å². The number of unbranched alkanes of at least 4 members (excludes halogenated alkanes) is 3. The van der Waals surface area contributed by atoms with E-state index in [-0.39, 0.29) is 12.5 Å². The smallest absolute Gasteiger partial charge is 0.119 e. The van der Waals surface area contributed by atoms with Gasteiger partial charge in [-0.3, -0.25) is 4.90 Å². The Morgan fingerprint density at radius 3 is 2.39 bits per heavy atom. The van der Waals surface area contributed by atoms with E-state index in [1.54, 1.807) is 0 Å². The average Bonchev–Trinajstić information content (AvgIpc) is 3.10. The molecule has 23 heavy (non-hydrogen) atoms. The molecule has 1 aromatic rings. The highest BCUT2D eigenvalue weighted by molar-refractivity contribution is 5.29. The van der Waals surface area contributed by atoms with Gasteiger partial charge in [0.15, 0.2) is 0 Å². The van der Waals surface area contributed by atoms with Crippen LogP contribution in [0.2, 0.25) is 0 Å². The lowest BCUT2D eigenvalue weighted by molar-refractivity contribution is 0.126. The number of hydrogen-bond acceptors (Lipinski definition) is 3. The van der Waals surface area contributed by atoms with Crippen LogP contribution in [-0.4, -0.2) is 36.3 Å². The molecule has 130 valence electrons. The van der Waals surface area contributed by atoms with E-state index in [1.807, 2.05) is 0 Å². The minimum atomic E-state index is 0.233. The zero-order chi connectivity index (χ0) is 16.5. The largest absolute Gasteiger partial charge is 0.494 e. The molecule has 1 heterocycles. The van der Waals surface area contributed by atoms with Crippen LogP contribution in [0.1, 0.15) is 64.0 Å². The van der Waals surface area contributed by atoms with Gasteiger partial charge in [-0.2, -0.15) is 0 Å². The molecule has 3 nitrogen and oxygen atoms in total. The minimum Gasteiger partial charge on any atom is -0.494 e. The number of nitrogens with zero attached hydrogens (tertiary/aromatic N) is 1. The molecular formula is C20H33NO2. The molecule has 1 saturated heterocycles.